The molecule has 3 aromatic carbocycles. The summed E-state index contributed by atoms with van der Waals surface area (Å²) in [6, 6.07) is 27.0. The highest BCUT2D eigenvalue weighted by Gasteiger charge is 2.25. The molecule has 3 heteroatoms. The van der Waals surface area contributed by atoms with Gasteiger partial charge in [0.05, 0.1) is 6.04 Å². The van der Waals surface area contributed by atoms with Gasteiger partial charge in [-0.15, -0.1) is 0 Å². The van der Waals surface area contributed by atoms with E-state index in [-0.39, 0.29) is 0 Å². The molecule has 0 spiro atoms. The molecule has 126 valence electrons. The number of hydrogen-bond acceptors (Lipinski definition) is 2. The summed E-state index contributed by atoms with van der Waals surface area (Å²) in [6.45, 7) is 1.09. The van der Waals surface area contributed by atoms with Crippen LogP contribution in [0.25, 0.3) is 0 Å². The Morgan fingerprint density at radius 2 is 1.44 bits per heavy atom. The topological polar surface area (TPSA) is 12.5 Å². The Morgan fingerprint density at radius 3 is 2.12 bits per heavy atom. The second-order valence-electron chi connectivity index (χ2n) is 6.31. The lowest BCUT2D eigenvalue weighted by Gasteiger charge is -2.27. The summed E-state index contributed by atoms with van der Waals surface area (Å²) in [5.41, 5.74) is 2.64. The van der Waals surface area contributed by atoms with E-state index in [0.717, 1.165) is 18.0 Å². The molecule has 3 aromatic rings. The van der Waals surface area contributed by atoms with E-state index >= 15 is 0 Å². The number of anilines is 1. The van der Waals surface area contributed by atoms with Crippen LogP contribution in [0, 0.1) is 0 Å². The maximum absolute atomic E-state index is 5.91. The van der Waals surface area contributed by atoms with Crippen LogP contribution in [-0.4, -0.2) is 6.54 Å². The van der Waals surface area contributed by atoms with E-state index in [0.29, 0.717) is 11.1 Å². The summed E-state index contributed by atoms with van der Waals surface area (Å²) in [4.78, 5) is 2.49. The second kappa shape index (κ2) is 7.20. The van der Waals surface area contributed by atoms with Crippen molar-refractivity contribution in [2.24, 2.45) is 0 Å². The van der Waals surface area contributed by atoms with Crippen molar-refractivity contribution >= 4 is 17.3 Å². The van der Waals surface area contributed by atoms with Gasteiger partial charge in [-0.3, -0.25) is 0 Å². The van der Waals surface area contributed by atoms with Crippen LogP contribution in [0.15, 0.2) is 78.9 Å². The van der Waals surface area contributed by atoms with E-state index in [2.05, 4.69) is 47.4 Å². The number of nitrogens with zero attached hydrogens (tertiary/aromatic N) is 1. The Hall–Kier alpha value is -2.45. The van der Waals surface area contributed by atoms with Crippen molar-refractivity contribution in [2.75, 3.05) is 11.4 Å². The van der Waals surface area contributed by atoms with Crippen molar-refractivity contribution in [3.63, 3.8) is 0 Å². The van der Waals surface area contributed by atoms with Crippen molar-refractivity contribution in [3.05, 3.63) is 89.4 Å². The fourth-order valence-electron chi connectivity index (χ4n) is 3.44. The summed E-state index contributed by atoms with van der Waals surface area (Å²) in [5, 5.41) is 0.712. The molecule has 0 unspecified atom stereocenters. The molecule has 0 bridgehead atoms. The molecule has 2 nitrogen and oxygen atoms in total. The van der Waals surface area contributed by atoms with Crippen LogP contribution in [0.3, 0.4) is 0 Å². The first kappa shape index (κ1) is 16.0. The number of hydrogen-bond donors (Lipinski definition) is 0. The Balaban J connectivity index is 1.50. The van der Waals surface area contributed by atoms with Gasteiger partial charge in [0, 0.05) is 17.3 Å². The summed E-state index contributed by atoms with van der Waals surface area (Å²) >= 11 is 5.91. The maximum atomic E-state index is 5.91. The molecule has 0 radical (unpaired) electrons. The van der Waals surface area contributed by atoms with Gasteiger partial charge in [-0.05, 0) is 66.9 Å². The van der Waals surface area contributed by atoms with Crippen molar-refractivity contribution in [1.82, 2.24) is 0 Å². The van der Waals surface area contributed by atoms with Crippen molar-refractivity contribution in [3.8, 4) is 11.5 Å². The zero-order valence-corrected chi connectivity index (χ0v) is 14.7. The first-order chi connectivity index (χ1) is 12.3. The molecule has 1 heterocycles. The summed E-state index contributed by atoms with van der Waals surface area (Å²) in [5.74, 6) is 1.63. The van der Waals surface area contributed by atoms with Gasteiger partial charge < -0.3 is 9.64 Å². The zero-order chi connectivity index (χ0) is 17.1. The standard InChI is InChI=1S/C22H20ClNO/c23-18-8-12-20(13-9-18)25-21-14-10-19(11-15-21)24-16-4-7-22(24)17-5-2-1-3-6-17/h1-3,5-6,8-15,22H,4,7,16H2/t22-/m1/s1. The molecule has 0 amide bonds. The highest BCUT2D eigenvalue weighted by atomic mass is 35.5. The lowest BCUT2D eigenvalue weighted by atomic mass is 10.0. The van der Waals surface area contributed by atoms with Gasteiger partial charge >= 0.3 is 0 Å². The average Bonchev–Trinajstić information content (AvgIpc) is 3.15. The van der Waals surface area contributed by atoms with Crippen LogP contribution in [0.4, 0.5) is 5.69 Å². The Kier molecular flexibility index (Phi) is 4.62. The van der Waals surface area contributed by atoms with Crippen LogP contribution >= 0.6 is 11.6 Å². The predicted octanol–water partition coefficient (Wildman–Crippen LogP) is 6.47. The third kappa shape index (κ3) is 3.64. The van der Waals surface area contributed by atoms with Gasteiger partial charge in [0.2, 0.25) is 0 Å². The fourth-order valence-corrected chi connectivity index (χ4v) is 3.57. The lowest BCUT2D eigenvalue weighted by Crippen LogP contribution is -2.22. The van der Waals surface area contributed by atoms with Crippen molar-refractivity contribution < 1.29 is 4.74 Å². The Morgan fingerprint density at radius 1 is 0.800 bits per heavy atom. The summed E-state index contributed by atoms with van der Waals surface area (Å²) in [7, 11) is 0. The second-order valence-corrected chi connectivity index (χ2v) is 6.75. The Bertz CT molecular complexity index is 815. The largest absolute Gasteiger partial charge is 0.457 e. The Labute approximate surface area is 153 Å². The third-order valence-corrected chi connectivity index (χ3v) is 4.91. The molecule has 1 aliphatic rings. The first-order valence-electron chi connectivity index (χ1n) is 8.65. The van der Waals surface area contributed by atoms with Gasteiger partial charge in [0.1, 0.15) is 11.5 Å². The number of benzene rings is 3. The molecular weight excluding hydrogens is 330 g/mol. The molecule has 0 N–H and O–H groups in total. The highest BCUT2D eigenvalue weighted by molar-refractivity contribution is 6.30. The average molecular weight is 350 g/mol. The van der Waals surface area contributed by atoms with Crippen molar-refractivity contribution in [1.29, 1.82) is 0 Å². The minimum atomic E-state index is 0.462. The van der Waals surface area contributed by atoms with Crippen LogP contribution in [0.5, 0.6) is 11.5 Å². The summed E-state index contributed by atoms with van der Waals surface area (Å²) < 4.78 is 5.89. The molecular formula is C22H20ClNO. The van der Waals surface area contributed by atoms with Crippen LogP contribution in [-0.2, 0) is 0 Å². The zero-order valence-electron chi connectivity index (χ0n) is 13.9. The van der Waals surface area contributed by atoms with Gasteiger partial charge in [-0.2, -0.15) is 0 Å². The third-order valence-electron chi connectivity index (χ3n) is 4.65. The molecule has 0 saturated carbocycles. The predicted molar refractivity (Wildman–Crippen MR) is 104 cm³/mol. The molecule has 1 saturated heterocycles. The van der Waals surface area contributed by atoms with Crippen LogP contribution in [0.2, 0.25) is 5.02 Å². The number of halogens is 1. The number of rotatable bonds is 4. The minimum Gasteiger partial charge on any atom is -0.457 e. The van der Waals surface area contributed by atoms with Crippen molar-refractivity contribution in [2.45, 2.75) is 18.9 Å². The van der Waals surface area contributed by atoms with E-state index in [1.807, 2.05) is 36.4 Å². The van der Waals surface area contributed by atoms with Gasteiger partial charge in [-0.25, -0.2) is 0 Å². The molecule has 1 atom stereocenters. The molecule has 1 fully saturated rings. The SMILES string of the molecule is Clc1ccc(Oc2ccc(N3CCC[C@@H]3c3ccccc3)cc2)cc1. The lowest BCUT2D eigenvalue weighted by molar-refractivity contribution is 0.482. The molecule has 0 aromatic heterocycles. The van der Waals surface area contributed by atoms with E-state index in [1.165, 1.54) is 24.1 Å². The van der Waals surface area contributed by atoms with E-state index in [9.17, 15) is 0 Å². The van der Waals surface area contributed by atoms with Gasteiger partial charge in [0.25, 0.3) is 0 Å². The first-order valence-corrected chi connectivity index (χ1v) is 9.02. The summed E-state index contributed by atoms with van der Waals surface area (Å²) in [6.07, 6.45) is 2.43. The maximum Gasteiger partial charge on any atom is 0.127 e. The monoisotopic (exact) mass is 349 g/mol. The number of ether oxygens (including phenoxy) is 1. The minimum absolute atomic E-state index is 0.462. The molecule has 1 aliphatic heterocycles. The van der Waals surface area contributed by atoms with Gasteiger partial charge in [0.15, 0.2) is 0 Å². The van der Waals surface area contributed by atoms with Crippen LogP contribution in [0.1, 0.15) is 24.4 Å². The normalized spacial score (nSPS) is 16.8. The molecule has 25 heavy (non-hydrogen) atoms. The smallest absolute Gasteiger partial charge is 0.127 e. The highest BCUT2D eigenvalue weighted by Crippen LogP contribution is 2.37. The van der Waals surface area contributed by atoms with Gasteiger partial charge in [-0.1, -0.05) is 41.9 Å². The molecule has 0 aliphatic carbocycles. The molecule has 4 rings (SSSR count). The van der Waals surface area contributed by atoms with Crippen LogP contribution < -0.4 is 9.64 Å². The fraction of sp³-hybridized carbons (Fsp3) is 0.182. The quantitative estimate of drug-likeness (QED) is 0.535. The van der Waals surface area contributed by atoms with E-state index in [1.54, 1.807) is 0 Å². The van der Waals surface area contributed by atoms with E-state index in [4.69, 9.17) is 16.3 Å². The van der Waals surface area contributed by atoms with E-state index < -0.39 is 0 Å².